The Morgan fingerprint density at radius 2 is 2.00 bits per heavy atom. The van der Waals surface area contributed by atoms with E-state index in [-0.39, 0.29) is 5.92 Å². The fourth-order valence-electron chi connectivity index (χ4n) is 4.53. The van der Waals surface area contributed by atoms with E-state index in [1.54, 1.807) is 0 Å². The van der Waals surface area contributed by atoms with Crippen LogP contribution in [0, 0.1) is 11.3 Å². The van der Waals surface area contributed by atoms with Crippen LogP contribution in [0.15, 0.2) is 24.3 Å². The van der Waals surface area contributed by atoms with Crippen LogP contribution in [0.1, 0.15) is 24.8 Å². The minimum Gasteiger partial charge on any atom is -0.378 e. The van der Waals surface area contributed by atoms with Crippen molar-refractivity contribution >= 4 is 11.6 Å². The molecular formula is C20H29N3O2. The Labute approximate surface area is 150 Å². The number of nitrogens with one attached hydrogen (secondary N) is 1. The van der Waals surface area contributed by atoms with E-state index < -0.39 is 0 Å². The van der Waals surface area contributed by atoms with Crippen molar-refractivity contribution < 1.29 is 9.53 Å². The molecule has 3 aliphatic rings. The SMILES string of the molecule is CN(Cc1ccccc1N1CCOCC1)C(=O)[C@@H]1CC12CCNCC2. The monoisotopic (exact) mass is 343 g/mol. The van der Waals surface area contributed by atoms with Crippen LogP contribution in [-0.2, 0) is 16.1 Å². The normalized spacial score (nSPS) is 25.0. The molecule has 2 aliphatic heterocycles. The van der Waals surface area contributed by atoms with Gasteiger partial charge in [0.1, 0.15) is 0 Å². The van der Waals surface area contributed by atoms with Crippen molar-refractivity contribution in [1.82, 2.24) is 10.2 Å². The highest BCUT2D eigenvalue weighted by atomic mass is 16.5. The molecule has 4 rings (SSSR count). The van der Waals surface area contributed by atoms with Crippen molar-refractivity contribution in [2.75, 3.05) is 51.3 Å². The summed E-state index contributed by atoms with van der Waals surface area (Å²) in [6, 6.07) is 8.48. The molecule has 1 spiro atoms. The Hall–Kier alpha value is -1.59. The third-order valence-corrected chi connectivity index (χ3v) is 6.21. The minimum atomic E-state index is 0.246. The molecule has 0 aromatic heterocycles. The van der Waals surface area contributed by atoms with E-state index in [0.717, 1.165) is 58.7 Å². The van der Waals surface area contributed by atoms with E-state index in [2.05, 4.69) is 34.5 Å². The summed E-state index contributed by atoms with van der Waals surface area (Å²) in [5.41, 5.74) is 2.79. The number of benzene rings is 1. The topological polar surface area (TPSA) is 44.8 Å². The van der Waals surface area contributed by atoms with Crippen LogP contribution in [0.3, 0.4) is 0 Å². The van der Waals surface area contributed by atoms with Crippen LogP contribution in [0.25, 0.3) is 0 Å². The summed E-state index contributed by atoms with van der Waals surface area (Å²) in [6.45, 7) is 6.22. The first-order chi connectivity index (χ1) is 12.2. The summed E-state index contributed by atoms with van der Waals surface area (Å²) in [4.78, 5) is 17.3. The third-order valence-electron chi connectivity index (χ3n) is 6.21. The van der Waals surface area contributed by atoms with E-state index in [9.17, 15) is 4.79 Å². The third kappa shape index (κ3) is 3.40. The van der Waals surface area contributed by atoms with Gasteiger partial charge >= 0.3 is 0 Å². The quantitative estimate of drug-likeness (QED) is 0.907. The number of amides is 1. The van der Waals surface area contributed by atoms with E-state index in [1.165, 1.54) is 11.3 Å². The number of ether oxygens (including phenoxy) is 1. The second-order valence-corrected chi connectivity index (χ2v) is 7.79. The fraction of sp³-hybridized carbons (Fsp3) is 0.650. The Kier molecular flexibility index (Phi) is 4.69. The van der Waals surface area contributed by atoms with Gasteiger partial charge in [0.25, 0.3) is 0 Å². The highest BCUT2D eigenvalue weighted by Gasteiger charge is 2.58. The lowest BCUT2D eigenvalue weighted by atomic mass is 9.91. The smallest absolute Gasteiger partial charge is 0.226 e. The van der Waals surface area contributed by atoms with Crippen molar-refractivity contribution in [1.29, 1.82) is 0 Å². The first kappa shape index (κ1) is 16.9. The number of hydrogen-bond acceptors (Lipinski definition) is 4. The predicted octanol–water partition coefficient (Wildman–Crippen LogP) is 1.87. The second-order valence-electron chi connectivity index (χ2n) is 7.79. The first-order valence-corrected chi connectivity index (χ1v) is 9.56. The number of para-hydroxylation sites is 1. The average Bonchev–Trinajstić information content (AvgIpc) is 3.35. The zero-order valence-electron chi connectivity index (χ0n) is 15.2. The Morgan fingerprint density at radius 1 is 1.28 bits per heavy atom. The van der Waals surface area contributed by atoms with Crippen molar-refractivity contribution in [3.8, 4) is 0 Å². The molecule has 1 aliphatic carbocycles. The van der Waals surface area contributed by atoms with Crippen LogP contribution in [0.5, 0.6) is 0 Å². The van der Waals surface area contributed by atoms with E-state index in [4.69, 9.17) is 4.74 Å². The molecule has 0 unspecified atom stereocenters. The van der Waals surface area contributed by atoms with E-state index in [1.807, 2.05) is 11.9 Å². The maximum absolute atomic E-state index is 12.9. The summed E-state index contributed by atoms with van der Waals surface area (Å²) in [5, 5.41) is 3.41. The molecule has 0 radical (unpaired) electrons. The Balaban J connectivity index is 1.42. The Morgan fingerprint density at radius 3 is 2.76 bits per heavy atom. The summed E-state index contributed by atoms with van der Waals surface area (Å²) in [6.07, 6.45) is 3.40. The van der Waals surface area contributed by atoms with Gasteiger partial charge in [-0.3, -0.25) is 4.79 Å². The number of nitrogens with zero attached hydrogens (tertiary/aromatic N) is 2. The number of hydrogen-bond donors (Lipinski definition) is 1. The van der Waals surface area contributed by atoms with Gasteiger partial charge in [-0.15, -0.1) is 0 Å². The number of anilines is 1. The zero-order chi connectivity index (χ0) is 17.3. The molecule has 1 N–H and O–H groups in total. The summed E-state index contributed by atoms with van der Waals surface area (Å²) in [7, 11) is 1.96. The van der Waals surface area contributed by atoms with Crippen molar-refractivity contribution in [2.45, 2.75) is 25.8 Å². The lowest BCUT2D eigenvalue weighted by molar-refractivity contribution is -0.132. The van der Waals surface area contributed by atoms with Crippen LogP contribution in [-0.4, -0.2) is 57.2 Å². The fourth-order valence-corrected chi connectivity index (χ4v) is 4.53. The maximum atomic E-state index is 12.9. The van der Waals surface area contributed by atoms with Gasteiger partial charge in [-0.25, -0.2) is 0 Å². The molecule has 1 aromatic carbocycles. The zero-order valence-corrected chi connectivity index (χ0v) is 15.2. The van der Waals surface area contributed by atoms with Gasteiger partial charge in [-0.2, -0.15) is 0 Å². The van der Waals surface area contributed by atoms with Crippen molar-refractivity contribution in [2.24, 2.45) is 11.3 Å². The highest BCUT2D eigenvalue weighted by Crippen LogP contribution is 2.59. The van der Waals surface area contributed by atoms with Gasteiger partial charge in [-0.1, -0.05) is 18.2 Å². The van der Waals surface area contributed by atoms with E-state index >= 15 is 0 Å². The number of piperidine rings is 1. The number of carbonyl (C=O) groups is 1. The van der Waals surface area contributed by atoms with Gasteiger partial charge in [-0.05, 0) is 49.4 Å². The van der Waals surface area contributed by atoms with E-state index in [0.29, 0.717) is 17.9 Å². The minimum absolute atomic E-state index is 0.246. The molecule has 1 aromatic rings. The van der Waals surface area contributed by atoms with Crippen LogP contribution in [0.4, 0.5) is 5.69 Å². The van der Waals surface area contributed by atoms with Gasteiger partial charge < -0.3 is 19.9 Å². The molecule has 5 nitrogen and oxygen atoms in total. The molecule has 1 amide bonds. The molecule has 25 heavy (non-hydrogen) atoms. The van der Waals surface area contributed by atoms with Crippen LogP contribution < -0.4 is 10.2 Å². The summed E-state index contributed by atoms with van der Waals surface area (Å²) < 4.78 is 5.47. The maximum Gasteiger partial charge on any atom is 0.226 e. The van der Waals surface area contributed by atoms with Crippen molar-refractivity contribution in [3.05, 3.63) is 29.8 Å². The van der Waals surface area contributed by atoms with Crippen molar-refractivity contribution in [3.63, 3.8) is 0 Å². The largest absolute Gasteiger partial charge is 0.378 e. The predicted molar refractivity (Wildman–Crippen MR) is 98.6 cm³/mol. The Bertz CT molecular complexity index is 621. The van der Waals surface area contributed by atoms with Gasteiger partial charge in [0, 0.05) is 38.3 Å². The molecule has 1 atom stereocenters. The molecular weight excluding hydrogens is 314 g/mol. The number of carbonyl (C=O) groups excluding carboxylic acids is 1. The second kappa shape index (κ2) is 6.96. The molecule has 2 heterocycles. The van der Waals surface area contributed by atoms with Gasteiger partial charge in [0.05, 0.1) is 13.2 Å². The lowest BCUT2D eigenvalue weighted by Gasteiger charge is -2.31. The number of morpholine rings is 1. The summed E-state index contributed by atoms with van der Waals surface area (Å²) >= 11 is 0. The number of rotatable bonds is 4. The molecule has 5 heteroatoms. The molecule has 0 bridgehead atoms. The standard InChI is InChI=1S/C20H29N3O2/c1-22(19(24)17-14-20(17)6-8-21-9-7-20)15-16-4-2-3-5-18(16)23-10-12-25-13-11-23/h2-5,17,21H,6-15H2,1H3/t17-/m0/s1. The molecule has 1 saturated carbocycles. The lowest BCUT2D eigenvalue weighted by Crippen LogP contribution is -2.38. The van der Waals surface area contributed by atoms with Gasteiger partial charge in [0.2, 0.25) is 5.91 Å². The molecule has 136 valence electrons. The van der Waals surface area contributed by atoms with Crippen LogP contribution >= 0.6 is 0 Å². The molecule has 2 saturated heterocycles. The highest BCUT2D eigenvalue weighted by molar-refractivity contribution is 5.82. The summed E-state index contributed by atoms with van der Waals surface area (Å²) in [5.74, 6) is 0.578. The van der Waals surface area contributed by atoms with Crippen LogP contribution in [0.2, 0.25) is 0 Å². The molecule has 3 fully saturated rings. The average molecular weight is 343 g/mol. The first-order valence-electron chi connectivity index (χ1n) is 9.56. The van der Waals surface area contributed by atoms with Gasteiger partial charge in [0.15, 0.2) is 0 Å².